The Balaban J connectivity index is 3.24. The number of nitrogens with zero attached hydrogens (tertiary/aromatic N) is 1. The highest BCUT2D eigenvalue weighted by molar-refractivity contribution is 5.51. The summed E-state index contributed by atoms with van der Waals surface area (Å²) in [6.45, 7) is 2.87. The molecule has 0 atom stereocenters. The average Bonchev–Trinajstić information content (AvgIpc) is 2.13. The molecule has 5 heteroatoms. The smallest absolute Gasteiger partial charge is 0.285 e. The molecule has 0 heterocycles. The molecule has 1 rings (SSSR count). The molecule has 0 amide bonds. The Bertz CT molecular complexity index is 480. The van der Waals surface area contributed by atoms with Crippen LogP contribution in [-0.4, -0.2) is 15.6 Å². The van der Waals surface area contributed by atoms with Crippen LogP contribution in [0.4, 0.5) is 10.1 Å². The first-order valence-electron chi connectivity index (χ1n) is 4.49. The summed E-state index contributed by atoms with van der Waals surface area (Å²) in [4.78, 5) is 9.97. The van der Waals surface area contributed by atoms with Crippen molar-refractivity contribution in [2.24, 2.45) is 0 Å². The summed E-state index contributed by atoms with van der Waals surface area (Å²) in [6.07, 6.45) is 0. The Hall–Kier alpha value is -1.93. The van der Waals surface area contributed by atoms with Crippen LogP contribution in [0.1, 0.15) is 19.4 Å². The molecule has 16 heavy (non-hydrogen) atoms. The first kappa shape index (κ1) is 12.1. The largest absolute Gasteiger partial charge is 0.378 e. The van der Waals surface area contributed by atoms with E-state index in [0.717, 1.165) is 18.2 Å². The van der Waals surface area contributed by atoms with Gasteiger partial charge in [-0.15, -0.1) is 0 Å². The topological polar surface area (TPSA) is 63.4 Å². The van der Waals surface area contributed by atoms with Crippen molar-refractivity contribution < 1.29 is 14.4 Å². The van der Waals surface area contributed by atoms with E-state index >= 15 is 0 Å². The fraction of sp³-hybridized carbons (Fsp3) is 0.273. The van der Waals surface area contributed by atoms with Crippen LogP contribution >= 0.6 is 0 Å². The summed E-state index contributed by atoms with van der Waals surface area (Å²) in [6, 6.07) is 3.01. The van der Waals surface area contributed by atoms with E-state index in [2.05, 4.69) is 11.8 Å². The van der Waals surface area contributed by atoms with E-state index < -0.39 is 16.3 Å². The molecule has 0 aliphatic heterocycles. The van der Waals surface area contributed by atoms with Crippen LogP contribution in [0.15, 0.2) is 18.2 Å². The fourth-order valence-electron chi connectivity index (χ4n) is 0.988. The lowest BCUT2D eigenvalue weighted by Crippen LogP contribution is -2.14. The number of benzene rings is 1. The maximum atomic E-state index is 12.9. The standard InChI is InChI=1S/C11H10FNO3/c1-11(2,14)6-5-8-7-9(12)3-4-10(8)13(15)16/h3-4,7,14H,1-2H3. The maximum absolute atomic E-state index is 12.9. The van der Waals surface area contributed by atoms with E-state index in [-0.39, 0.29) is 11.3 Å². The van der Waals surface area contributed by atoms with Crippen LogP contribution in [0, 0.1) is 27.8 Å². The average molecular weight is 223 g/mol. The van der Waals surface area contributed by atoms with E-state index in [4.69, 9.17) is 0 Å². The fourth-order valence-corrected chi connectivity index (χ4v) is 0.988. The van der Waals surface area contributed by atoms with Gasteiger partial charge < -0.3 is 5.11 Å². The maximum Gasteiger partial charge on any atom is 0.285 e. The second-order valence-corrected chi connectivity index (χ2v) is 3.73. The van der Waals surface area contributed by atoms with Crippen molar-refractivity contribution in [1.82, 2.24) is 0 Å². The van der Waals surface area contributed by atoms with Crippen LogP contribution in [0.5, 0.6) is 0 Å². The summed E-state index contributed by atoms with van der Waals surface area (Å²) in [5.41, 5.74) is -1.61. The minimum atomic E-state index is -1.28. The van der Waals surface area contributed by atoms with Gasteiger partial charge >= 0.3 is 0 Å². The van der Waals surface area contributed by atoms with Crippen LogP contribution in [0.2, 0.25) is 0 Å². The summed E-state index contributed by atoms with van der Waals surface area (Å²) in [5, 5.41) is 20.0. The summed E-state index contributed by atoms with van der Waals surface area (Å²) >= 11 is 0. The van der Waals surface area contributed by atoms with Crippen molar-refractivity contribution in [3.05, 3.63) is 39.7 Å². The van der Waals surface area contributed by atoms with Crippen LogP contribution in [0.3, 0.4) is 0 Å². The van der Waals surface area contributed by atoms with Gasteiger partial charge in [-0.3, -0.25) is 10.1 Å². The van der Waals surface area contributed by atoms with E-state index in [9.17, 15) is 19.6 Å². The second kappa shape index (κ2) is 4.29. The molecule has 0 unspecified atom stereocenters. The van der Waals surface area contributed by atoms with Crippen LogP contribution in [-0.2, 0) is 0 Å². The number of nitro benzene ring substituents is 1. The molecule has 1 N–H and O–H groups in total. The molecule has 0 spiro atoms. The Kier molecular flexibility index (Phi) is 3.25. The molecule has 0 saturated heterocycles. The molecule has 0 radical (unpaired) electrons. The van der Waals surface area contributed by atoms with Gasteiger partial charge in [0.2, 0.25) is 0 Å². The molecule has 0 aliphatic carbocycles. The Morgan fingerprint density at radius 1 is 1.50 bits per heavy atom. The van der Waals surface area contributed by atoms with E-state index in [1.54, 1.807) is 0 Å². The lowest BCUT2D eigenvalue weighted by molar-refractivity contribution is -0.385. The highest BCUT2D eigenvalue weighted by Gasteiger charge is 2.13. The first-order chi connectivity index (χ1) is 7.29. The normalized spacial score (nSPS) is 10.5. The number of aliphatic hydroxyl groups is 1. The number of nitro groups is 1. The number of rotatable bonds is 1. The lowest BCUT2D eigenvalue weighted by atomic mass is 10.1. The van der Waals surface area contributed by atoms with Crippen LogP contribution < -0.4 is 0 Å². The highest BCUT2D eigenvalue weighted by Crippen LogP contribution is 2.18. The minimum absolute atomic E-state index is 0.0490. The predicted octanol–water partition coefficient (Wildman–Crippen LogP) is 1.86. The van der Waals surface area contributed by atoms with Crippen LogP contribution in [0.25, 0.3) is 0 Å². The summed E-state index contributed by atoms with van der Waals surface area (Å²) in [7, 11) is 0. The zero-order valence-electron chi connectivity index (χ0n) is 8.82. The number of halogens is 1. The lowest BCUT2D eigenvalue weighted by Gasteiger charge is -2.05. The van der Waals surface area contributed by atoms with Gasteiger partial charge in [0.15, 0.2) is 0 Å². The quantitative estimate of drug-likeness (QED) is 0.449. The van der Waals surface area contributed by atoms with E-state index in [1.165, 1.54) is 13.8 Å². The monoisotopic (exact) mass is 223 g/mol. The van der Waals surface area contributed by atoms with Gasteiger partial charge in [-0.2, -0.15) is 0 Å². The molecule has 4 nitrogen and oxygen atoms in total. The third kappa shape index (κ3) is 3.33. The van der Waals surface area contributed by atoms with Gasteiger partial charge in [0.25, 0.3) is 5.69 Å². The molecule has 0 aromatic heterocycles. The zero-order chi connectivity index (χ0) is 12.3. The SMILES string of the molecule is CC(C)(O)C#Cc1cc(F)ccc1[N+](=O)[O-]. The summed E-state index contributed by atoms with van der Waals surface area (Å²) in [5.74, 6) is 4.18. The number of hydrogen-bond acceptors (Lipinski definition) is 3. The summed E-state index contributed by atoms with van der Waals surface area (Å²) < 4.78 is 12.9. The molecule has 0 bridgehead atoms. The Morgan fingerprint density at radius 3 is 2.62 bits per heavy atom. The molecular formula is C11H10FNO3. The van der Waals surface area contributed by atoms with E-state index in [1.807, 2.05) is 0 Å². The third-order valence-electron chi connectivity index (χ3n) is 1.66. The Morgan fingerprint density at radius 2 is 2.12 bits per heavy atom. The van der Waals surface area contributed by atoms with Crippen molar-refractivity contribution in [3.8, 4) is 11.8 Å². The van der Waals surface area contributed by atoms with Gasteiger partial charge in [-0.05, 0) is 26.0 Å². The van der Waals surface area contributed by atoms with Gasteiger partial charge in [0.05, 0.1) is 4.92 Å². The molecular weight excluding hydrogens is 213 g/mol. The van der Waals surface area contributed by atoms with Crippen molar-refractivity contribution in [1.29, 1.82) is 0 Å². The van der Waals surface area contributed by atoms with E-state index in [0.29, 0.717) is 0 Å². The van der Waals surface area contributed by atoms with Crippen molar-refractivity contribution in [2.45, 2.75) is 19.4 Å². The van der Waals surface area contributed by atoms with Gasteiger partial charge in [0.1, 0.15) is 17.0 Å². The molecule has 0 aliphatic rings. The van der Waals surface area contributed by atoms with Crippen molar-refractivity contribution in [2.75, 3.05) is 0 Å². The van der Waals surface area contributed by atoms with Gasteiger partial charge in [-0.1, -0.05) is 11.8 Å². The van der Waals surface area contributed by atoms with Crippen molar-refractivity contribution in [3.63, 3.8) is 0 Å². The van der Waals surface area contributed by atoms with Gasteiger partial charge in [0, 0.05) is 6.07 Å². The number of hydrogen-bond donors (Lipinski definition) is 1. The molecule has 1 aromatic rings. The third-order valence-corrected chi connectivity index (χ3v) is 1.66. The minimum Gasteiger partial charge on any atom is -0.378 e. The van der Waals surface area contributed by atoms with Gasteiger partial charge in [-0.25, -0.2) is 4.39 Å². The Labute approximate surface area is 91.9 Å². The van der Waals surface area contributed by atoms with Crippen molar-refractivity contribution >= 4 is 5.69 Å². The molecule has 0 fully saturated rings. The highest BCUT2D eigenvalue weighted by atomic mass is 19.1. The molecule has 1 aromatic carbocycles. The second-order valence-electron chi connectivity index (χ2n) is 3.73. The predicted molar refractivity (Wildman–Crippen MR) is 56.2 cm³/mol. The zero-order valence-corrected chi connectivity index (χ0v) is 8.82. The first-order valence-corrected chi connectivity index (χ1v) is 4.49. The molecule has 84 valence electrons. The molecule has 0 saturated carbocycles.